The molecule has 0 aliphatic carbocycles. The summed E-state index contributed by atoms with van der Waals surface area (Å²) in [6.07, 6.45) is 2.45. The van der Waals surface area contributed by atoms with Crippen molar-refractivity contribution in [3.63, 3.8) is 0 Å². The number of benzene rings is 1. The van der Waals surface area contributed by atoms with Gasteiger partial charge in [0.05, 0.1) is 6.61 Å². The smallest absolute Gasteiger partial charge is 0.123 e. The number of ether oxygens (including phenoxy) is 3. The van der Waals surface area contributed by atoms with Gasteiger partial charge in [0, 0.05) is 13.2 Å². The van der Waals surface area contributed by atoms with Crippen molar-refractivity contribution in [3.8, 4) is 11.5 Å². The monoisotopic (exact) mass is 251 g/mol. The van der Waals surface area contributed by atoms with Crippen LogP contribution >= 0.6 is 0 Å². The lowest BCUT2D eigenvalue weighted by atomic mass is 10.1. The normalized spacial score (nSPS) is 16.5. The molecule has 1 aliphatic rings. The molecule has 1 aromatic carbocycles. The number of piperidine rings is 1. The van der Waals surface area contributed by atoms with E-state index in [1.54, 1.807) is 7.11 Å². The van der Waals surface area contributed by atoms with Gasteiger partial charge >= 0.3 is 0 Å². The van der Waals surface area contributed by atoms with Crippen LogP contribution in [0.1, 0.15) is 12.8 Å². The van der Waals surface area contributed by atoms with Gasteiger partial charge in [0.2, 0.25) is 0 Å². The second-order valence-electron chi connectivity index (χ2n) is 4.38. The van der Waals surface area contributed by atoms with Gasteiger partial charge in [0.25, 0.3) is 0 Å². The number of nitrogens with one attached hydrogen (secondary N) is 1. The summed E-state index contributed by atoms with van der Waals surface area (Å²) in [5.41, 5.74) is 0. The fourth-order valence-corrected chi connectivity index (χ4v) is 1.99. The van der Waals surface area contributed by atoms with Gasteiger partial charge in [-0.15, -0.1) is 0 Å². The van der Waals surface area contributed by atoms with E-state index in [1.165, 1.54) is 0 Å². The number of hydrogen-bond donors (Lipinski definition) is 1. The van der Waals surface area contributed by atoms with Crippen LogP contribution in [-0.4, -0.2) is 39.5 Å². The van der Waals surface area contributed by atoms with E-state index in [2.05, 4.69) is 5.32 Å². The van der Waals surface area contributed by atoms with Gasteiger partial charge in [0.15, 0.2) is 0 Å². The predicted molar refractivity (Wildman–Crippen MR) is 70.3 cm³/mol. The third-order valence-corrected chi connectivity index (χ3v) is 2.95. The molecule has 0 saturated carbocycles. The molecule has 0 spiro atoms. The van der Waals surface area contributed by atoms with E-state index in [0.29, 0.717) is 19.3 Å². The molecule has 1 fully saturated rings. The van der Waals surface area contributed by atoms with Crippen LogP contribution < -0.4 is 14.8 Å². The minimum Gasteiger partial charge on any atom is -0.491 e. The third kappa shape index (κ3) is 4.20. The molecule has 100 valence electrons. The number of hydrogen-bond acceptors (Lipinski definition) is 4. The number of methoxy groups -OCH3 is 1. The molecular formula is C14H21NO3. The molecule has 18 heavy (non-hydrogen) atoms. The Morgan fingerprint density at radius 1 is 1.17 bits per heavy atom. The van der Waals surface area contributed by atoms with Crippen molar-refractivity contribution in [3.05, 3.63) is 24.3 Å². The zero-order valence-corrected chi connectivity index (χ0v) is 10.9. The quantitative estimate of drug-likeness (QED) is 0.783. The molecule has 0 bridgehead atoms. The molecule has 4 heteroatoms. The lowest BCUT2D eigenvalue weighted by Crippen LogP contribution is -2.34. The van der Waals surface area contributed by atoms with E-state index < -0.39 is 0 Å². The van der Waals surface area contributed by atoms with Crippen molar-refractivity contribution in [2.75, 3.05) is 33.4 Å². The zero-order chi connectivity index (χ0) is 12.6. The SMILES string of the molecule is COCCOc1cccc(OC2CCNCC2)c1. The molecule has 2 rings (SSSR count). The van der Waals surface area contributed by atoms with Gasteiger partial charge in [-0.2, -0.15) is 0 Å². The Morgan fingerprint density at radius 2 is 1.94 bits per heavy atom. The fourth-order valence-electron chi connectivity index (χ4n) is 1.99. The molecule has 1 N–H and O–H groups in total. The van der Waals surface area contributed by atoms with E-state index in [9.17, 15) is 0 Å². The van der Waals surface area contributed by atoms with Gasteiger partial charge < -0.3 is 19.5 Å². The molecule has 1 aliphatic heterocycles. The maximum absolute atomic E-state index is 5.95. The molecule has 1 aromatic rings. The minimum absolute atomic E-state index is 0.320. The Balaban J connectivity index is 1.85. The first kappa shape index (κ1) is 13.2. The molecule has 4 nitrogen and oxygen atoms in total. The molecule has 0 unspecified atom stereocenters. The van der Waals surface area contributed by atoms with Crippen LogP contribution in [0.3, 0.4) is 0 Å². The first-order chi connectivity index (χ1) is 8.88. The van der Waals surface area contributed by atoms with Crippen molar-refractivity contribution < 1.29 is 14.2 Å². The Labute approximate surface area is 108 Å². The topological polar surface area (TPSA) is 39.7 Å². The highest BCUT2D eigenvalue weighted by molar-refractivity contribution is 5.33. The summed E-state index contributed by atoms with van der Waals surface area (Å²) in [5, 5.41) is 3.33. The van der Waals surface area contributed by atoms with Crippen molar-refractivity contribution in [2.45, 2.75) is 18.9 Å². The van der Waals surface area contributed by atoms with E-state index in [1.807, 2.05) is 24.3 Å². The predicted octanol–water partition coefficient (Wildman–Crippen LogP) is 1.84. The molecule has 1 heterocycles. The lowest BCUT2D eigenvalue weighted by Gasteiger charge is -2.24. The van der Waals surface area contributed by atoms with Crippen LogP contribution in [0.5, 0.6) is 11.5 Å². The molecule has 0 radical (unpaired) electrons. The Bertz CT molecular complexity index is 351. The summed E-state index contributed by atoms with van der Waals surface area (Å²) in [5.74, 6) is 1.72. The van der Waals surface area contributed by atoms with Crippen molar-refractivity contribution in [2.24, 2.45) is 0 Å². The first-order valence-corrected chi connectivity index (χ1v) is 6.47. The summed E-state index contributed by atoms with van der Waals surface area (Å²) >= 11 is 0. The maximum atomic E-state index is 5.95. The van der Waals surface area contributed by atoms with Gasteiger partial charge in [-0.1, -0.05) is 6.07 Å². The summed E-state index contributed by atoms with van der Waals surface area (Å²) < 4.78 is 16.5. The molecule has 1 saturated heterocycles. The average molecular weight is 251 g/mol. The lowest BCUT2D eigenvalue weighted by molar-refractivity contribution is 0.144. The van der Waals surface area contributed by atoms with Crippen LogP contribution in [0, 0.1) is 0 Å². The van der Waals surface area contributed by atoms with E-state index in [-0.39, 0.29) is 0 Å². The van der Waals surface area contributed by atoms with Crippen molar-refractivity contribution >= 4 is 0 Å². The van der Waals surface area contributed by atoms with E-state index in [4.69, 9.17) is 14.2 Å². The van der Waals surface area contributed by atoms with Crippen LogP contribution in [-0.2, 0) is 4.74 Å². The van der Waals surface area contributed by atoms with Crippen LogP contribution in [0.25, 0.3) is 0 Å². The van der Waals surface area contributed by atoms with E-state index >= 15 is 0 Å². The standard InChI is InChI=1S/C14H21NO3/c1-16-9-10-17-13-3-2-4-14(11-13)18-12-5-7-15-8-6-12/h2-4,11-12,15H,5-10H2,1H3. The van der Waals surface area contributed by atoms with Crippen molar-refractivity contribution in [1.82, 2.24) is 5.32 Å². The minimum atomic E-state index is 0.320. The highest BCUT2D eigenvalue weighted by atomic mass is 16.5. The summed E-state index contributed by atoms with van der Waals surface area (Å²) in [6, 6.07) is 7.81. The summed E-state index contributed by atoms with van der Waals surface area (Å²) in [7, 11) is 1.67. The van der Waals surface area contributed by atoms with Gasteiger partial charge in [-0.05, 0) is 38.1 Å². The maximum Gasteiger partial charge on any atom is 0.123 e. The number of rotatable bonds is 6. The molecule has 0 atom stereocenters. The van der Waals surface area contributed by atoms with Gasteiger partial charge in [-0.25, -0.2) is 0 Å². The Kier molecular flexibility index (Phi) is 5.30. The molecule has 0 amide bonds. The van der Waals surface area contributed by atoms with Crippen molar-refractivity contribution in [1.29, 1.82) is 0 Å². The molecular weight excluding hydrogens is 230 g/mol. The molecule has 0 aromatic heterocycles. The first-order valence-electron chi connectivity index (χ1n) is 6.47. The van der Waals surface area contributed by atoms with Crippen LogP contribution in [0.2, 0.25) is 0 Å². The van der Waals surface area contributed by atoms with Crippen LogP contribution in [0.4, 0.5) is 0 Å². The Morgan fingerprint density at radius 3 is 2.72 bits per heavy atom. The van der Waals surface area contributed by atoms with Gasteiger partial charge in [-0.3, -0.25) is 0 Å². The van der Waals surface area contributed by atoms with Gasteiger partial charge in [0.1, 0.15) is 24.2 Å². The zero-order valence-electron chi connectivity index (χ0n) is 10.9. The third-order valence-electron chi connectivity index (χ3n) is 2.95. The fraction of sp³-hybridized carbons (Fsp3) is 0.571. The van der Waals surface area contributed by atoms with E-state index in [0.717, 1.165) is 37.4 Å². The van der Waals surface area contributed by atoms with Crippen LogP contribution in [0.15, 0.2) is 24.3 Å². The second-order valence-corrected chi connectivity index (χ2v) is 4.38. The highest BCUT2D eigenvalue weighted by Gasteiger charge is 2.14. The summed E-state index contributed by atoms with van der Waals surface area (Å²) in [6.45, 7) is 3.23. The largest absolute Gasteiger partial charge is 0.491 e. The average Bonchev–Trinajstić information content (AvgIpc) is 2.41. The Hall–Kier alpha value is -1.26. The highest BCUT2D eigenvalue weighted by Crippen LogP contribution is 2.22. The second kappa shape index (κ2) is 7.24. The summed E-state index contributed by atoms with van der Waals surface area (Å²) in [4.78, 5) is 0.